The standard InChI is InChI=1S/C12H12F3NS/c13-12(14,15)6-5-10(16)9-7-17-11-4-2-1-3-8(9)11/h1-4,7,10H,5-6,16H2. The lowest BCUT2D eigenvalue weighted by Gasteiger charge is -2.12. The Labute approximate surface area is 101 Å². The summed E-state index contributed by atoms with van der Waals surface area (Å²) < 4.78 is 37.4. The van der Waals surface area contributed by atoms with Crippen LogP contribution in [0.15, 0.2) is 29.6 Å². The number of thiophene rings is 1. The van der Waals surface area contributed by atoms with Crippen LogP contribution in [0.2, 0.25) is 0 Å². The molecule has 0 radical (unpaired) electrons. The fourth-order valence-electron chi connectivity index (χ4n) is 1.76. The van der Waals surface area contributed by atoms with Crippen LogP contribution in [0.3, 0.4) is 0 Å². The van der Waals surface area contributed by atoms with E-state index in [1.165, 1.54) is 11.3 Å². The van der Waals surface area contributed by atoms with Gasteiger partial charge in [0.2, 0.25) is 0 Å². The number of alkyl halides is 3. The number of rotatable bonds is 3. The summed E-state index contributed by atoms with van der Waals surface area (Å²) in [5.41, 5.74) is 6.63. The smallest absolute Gasteiger partial charge is 0.324 e. The summed E-state index contributed by atoms with van der Waals surface area (Å²) in [5.74, 6) is 0. The summed E-state index contributed by atoms with van der Waals surface area (Å²) in [6.07, 6.45) is -5.04. The third-order valence-electron chi connectivity index (χ3n) is 2.65. The number of fused-ring (bicyclic) bond motifs is 1. The van der Waals surface area contributed by atoms with Crippen molar-refractivity contribution in [3.63, 3.8) is 0 Å². The molecule has 0 amide bonds. The van der Waals surface area contributed by atoms with Crippen molar-refractivity contribution in [2.24, 2.45) is 5.73 Å². The molecule has 1 heterocycles. The fraction of sp³-hybridized carbons (Fsp3) is 0.333. The molecule has 1 atom stereocenters. The average Bonchev–Trinajstić information content (AvgIpc) is 2.68. The second kappa shape index (κ2) is 4.66. The van der Waals surface area contributed by atoms with E-state index in [4.69, 9.17) is 5.73 Å². The monoisotopic (exact) mass is 259 g/mol. The van der Waals surface area contributed by atoms with Crippen molar-refractivity contribution in [3.8, 4) is 0 Å². The number of hydrogen-bond donors (Lipinski definition) is 1. The van der Waals surface area contributed by atoms with Crippen LogP contribution >= 0.6 is 11.3 Å². The molecule has 0 aliphatic carbocycles. The third kappa shape index (κ3) is 2.98. The minimum atomic E-state index is -4.14. The van der Waals surface area contributed by atoms with E-state index in [0.717, 1.165) is 15.6 Å². The van der Waals surface area contributed by atoms with Gasteiger partial charge < -0.3 is 5.73 Å². The summed E-state index contributed by atoms with van der Waals surface area (Å²) in [6.45, 7) is 0. The highest BCUT2D eigenvalue weighted by Crippen LogP contribution is 2.33. The zero-order valence-electron chi connectivity index (χ0n) is 9.00. The lowest BCUT2D eigenvalue weighted by molar-refractivity contribution is -0.136. The Morgan fingerprint density at radius 1 is 1.24 bits per heavy atom. The molecular weight excluding hydrogens is 247 g/mol. The fourth-order valence-corrected chi connectivity index (χ4v) is 2.79. The summed E-state index contributed by atoms with van der Waals surface area (Å²) in [4.78, 5) is 0. The van der Waals surface area contributed by atoms with Gasteiger partial charge >= 0.3 is 6.18 Å². The minimum absolute atomic E-state index is 0.0653. The van der Waals surface area contributed by atoms with Crippen LogP contribution in [0.1, 0.15) is 24.4 Å². The second-order valence-corrected chi connectivity index (χ2v) is 4.86. The van der Waals surface area contributed by atoms with Crippen molar-refractivity contribution in [3.05, 3.63) is 35.2 Å². The van der Waals surface area contributed by atoms with Gasteiger partial charge in [-0.1, -0.05) is 18.2 Å². The van der Waals surface area contributed by atoms with Crippen LogP contribution in [0.4, 0.5) is 13.2 Å². The van der Waals surface area contributed by atoms with Crippen molar-refractivity contribution in [1.29, 1.82) is 0 Å². The molecule has 1 aromatic carbocycles. The quantitative estimate of drug-likeness (QED) is 0.876. The molecule has 2 aromatic rings. The van der Waals surface area contributed by atoms with Gasteiger partial charge in [0, 0.05) is 17.2 Å². The van der Waals surface area contributed by atoms with Crippen LogP contribution in [-0.4, -0.2) is 6.18 Å². The van der Waals surface area contributed by atoms with Crippen LogP contribution in [-0.2, 0) is 0 Å². The van der Waals surface area contributed by atoms with Gasteiger partial charge in [-0.3, -0.25) is 0 Å². The number of nitrogens with two attached hydrogens (primary N) is 1. The first kappa shape index (κ1) is 12.4. The van der Waals surface area contributed by atoms with Crippen LogP contribution < -0.4 is 5.73 Å². The van der Waals surface area contributed by atoms with Gasteiger partial charge in [0.1, 0.15) is 0 Å². The van der Waals surface area contributed by atoms with E-state index in [0.29, 0.717) is 0 Å². The highest BCUT2D eigenvalue weighted by Gasteiger charge is 2.28. The molecule has 2 rings (SSSR count). The summed E-state index contributed by atoms with van der Waals surface area (Å²) in [5, 5.41) is 2.82. The van der Waals surface area contributed by atoms with Gasteiger partial charge in [0.15, 0.2) is 0 Å². The van der Waals surface area contributed by atoms with Crippen molar-refractivity contribution < 1.29 is 13.2 Å². The van der Waals surface area contributed by atoms with E-state index >= 15 is 0 Å². The van der Waals surface area contributed by atoms with Gasteiger partial charge in [-0.15, -0.1) is 11.3 Å². The van der Waals surface area contributed by atoms with E-state index in [1.54, 1.807) is 0 Å². The third-order valence-corrected chi connectivity index (χ3v) is 3.63. The summed E-state index contributed by atoms with van der Waals surface area (Å²) >= 11 is 1.51. The highest BCUT2D eigenvalue weighted by atomic mass is 32.1. The molecule has 0 aliphatic heterocycles. The lowest BCUT2D eigenvalue weighted by atomic mass is 10.0. The molecule has 0 bridgehead atoms. The molecule has 1 unspecified atom stereocenters. The van der Waals surface area contributed by atoms with E-state index in [-0.39, 0.29) is 6.42 Å². The molecule has 0 aliphatic rings. The largest absolute Gasteiger partial charge is 0.389 e. The van der Waals surface area contributed by atoms with Gasteiger partial charge in [-0.2, -0.15) is 13.2 Å². The minimum Gasteiger partial charge on any atom is -0.324 e. The zero-order chi connectivity index (χ0) is 12.5. The molecule has 2 N–H and O–H groups in total. The van der Waals surface area contributed by atoms with E-state index < -0.39 is 18.6 Å². The Morgan fingerprint density at radius 3 is 2.65 bits per heavy atom. The van der Waals surface area contributed by atoms with E-state index in [2.05, 4.69) is 0 Å². The molecule has 92 valence electrons. The molecule has 5 heteroatoms. The molecular formula is C12H12F3NS. The molecule has 0 saturated heterocycles. The Hall–Kier alpha value is -1.07. The number of benzene rings is 1. The van der Waals surface area contributed by atoms with Crippen molar-refractivity contribution in [2.75, 3.05) is 0 Å². The van der Waals surface area contributed by atoms with Crippen LogP contribution in [0.5, 0.6) is 0 Å². The van der Waals surface area contributed by atoms with E-state index in [9.17, 15) is 13.2 Å². The topological polar surface area (TPSA) is 26.0 Å². The molecule has 1 nitrogen and oxygen atoms in total. The maximum absolute atomic E-state index is 12.1. The molecule has 0 fully saturated rings. The Morgan fingerprint density at radius 2 is 1.94 bits per heavy atom. The first-order valence-corrected chi connectivity index (χ1v) is 6.14. The van der Waals surface area contributed by atoms with Crippen LogP contribution in [0.25, 0.3) is 10.1 Å². The first-order chi connectivity index (χ1) is 7.97. The maximum atomic E-state index is 12.1. The van der Waals surface area contributed by atoms with Gasteiger partial charge in [0.05, 0.1) is 0 Å². The van der Waals surface area contributed by atoms with E-state index in [1.807, 2.05) is 29.6 Å². The first-order valence-electron chi connectivity index (χ1n) is 5.26. The molecule has 17 heavy (non-hydrogen) atoms. The number of halogens is 3. The van der Waals surface area contributed by atoms with Crippen molar-refractivity contribution in [1.82, 2.24) is 0 Å². The highest BCUT2D eigenvalue weighted by molar-refractivity contribution is 7.17. The van der Waals surface area contributed by atoms with Crippen LogP contribution in [0, 0.1) is 0 Å². The molecule has 0 spiro atoms. The molecule has 0 saturated carbocycles. The lowest BCUT2D eigenvalue weighted by Crippen LogP contribution is -2.15. The average molecular weight is 259 g/mol. The SMILES string of the molecule is NC(CCC(F)(F)F)c1csc2ccccc12. The molecule has 1 aromatic heterocycles. The Bertz CT molecular complexity index is 504. The summed E-state index contributed by atoms with van der Waals surface area (Å²) in [6, 6.07) is 7.07. The van der Waals surface area contributed by atoms with Crippen molar-refractivity contribution in [2.45, 2.75) is 25.1 Å². The normalized spacial score (nSPS) is 14.1. The van der Waals surface area contributed by atoms with Crippen molar-refractivity contribution >= 4 is 21.4 Å². The Kier molecular flexibility index (Phi) is 3.40. The zero-order valence-corrected chi connectivity index (χ0v) is 9.81. The predicted octanol–water partition coefficient (Wildman–Crippen LogP) is 4.24. The summed E-state index contributed by atoms with van der Waals surface area (Å²) in [7, 11) is 0. The van der Waals surface area contributed by atoms with Gasteiger partial charge in [-0.05, 0) is 28.8 Å². The van der Waals surface area contributed by atoms with Gasteiger partial charge in [-0.25, -0.2) is 0 Å². The predicted molar refractivity (Wildman–Crippen MR) is 64.0 cm³/mol. The maximum Gasteiger partial charge on any atom is 0.389 e. The Balaban J connectivity index is 2.16. The number of hydrogen-bond acceptors (Lipinski definition) is 2. The second-order valence-electron chi connectivity index (χ2n) is 3.95. The van der Waals surface area contributed by atoms with Gasteiger partial charge in [0.25, 0.3) is 0 Å².